The van der Waals surface area contributed by atoms with Crippen LogP contribution < -0.4 is 0 Å². The van der Waals surface area contributed by atoms with Gasteiger partial charge in [0.1, 0.15) is 24.4 Å². The fourth-order valence-corrected chi connectivity index (χ4v) is 1.63. The Morgan fingerprint density at radius 1 is 1.18 bits per heavy atom. The number of aliphatic hydroxyl groups excluding tert-OH is 4. The highest BCUT2D eigenvalue weighted by atomic mass is 16.7. The molecule has 4 N–H and O–H groups in total. The van der Waals surface area contributed by atoms with E-state index in [0.717, 1.165) is 12.8 Å². The van der Waals surface area contributed by atoms with E-state index < -0.39 is 37.3 Å². The molecular formula is C11H20O6. The number of hydrogen-bond donors (Lipinski definition) is 4. The molecule has 0 aromatic heterocycles. The molecule has 0 aliphatic carbocycles. The van der Waals surface area contributed by atoms with Crippen molar-refractivity contribution < 1.29 is 29.9 Å². The van der Waals surface area contributed by atoms with Gasteiger partial charge in [0.05, 0.1) is 13.2 Å². The third kappa shape index (κ3) is 3.74. The fraction of sp³-hybridized carbons (Fsp3) is 0.818. The summed E-state index contributed by atoms with van der Waals surface area (Å²) in [6.45, 7) is 3.46. The smallest absolute Gasteiger partial charge is 0.186 e. The van der Waals surface area contributed by atoms with E-state index >= 15 is 0 Å². The van der Waals surface area contributed by atoms with E-state index in [9.17, 15) is 15.3 Å². The summed E-state index contributed by atoms with van der Waals surface area (Å²) >= 11 is 0. The van der Waals surface area contributed by atoms with Crippen LogP contribution in [0, 0.1) is 0 Å². The molecule has 5 atom stereocenters. The summed E-state index contributed by atoms with van der Waals surface area (Å²) in [6, 6.07) is 0. The lowest BCUT2D eigenvalue weighted by molar-refractivity contribution is -0.301. The molecule has 6 heteroatoms. The summed E-state index contributed by atoms with van der Waals surface area (Å²) in [7, 11) is 0. The van der Waals surface area contributed by atoms with E-state index in [1.807, 2.05) is 0 Å². The highest BCUT2D eigenvalue weighted by Crippen LogP contribution is 2.21. The van der Waals surface area contributed by atoms with Gasteiger partial charge in [0, 0.05) is 0 Å². The Morgan fingerprint density at radius 2 is 1.88 bits per heavy atom. The Labute approximate surface area is 100 Å². The Bertz CT molecular complexity index is 232. The van der Waals surface area contributed by atoms with Gasteiger partial charge in [-0.2, -0.15) is 0 Å². The van der Waals surface area contributed by atoms with E-state index in [2.05, 4.69) is 6.58 Å². The minimum atomic E-state index is -1.38. The third-order valence-electron chi connectivity index (χ3n) is 2.68. The molecule has 6 nitrogen and oxygen atoms in total. The molecule has 100 valence electrons. The minimum Gasteiger partial charge on any atom is -0.394 e. The molecule has 1 aliphatic heterocycles. The fourth-order valence-electron chi connectivity index (χ4n) is 1.63. The molecular weight excluding hydrogens is 228 g/mol. The molecule has 1 heterocycles. The van der Waals surface area contributed by atoms with Crippen molar-refractivity contribution in [3.8, 4) is 0 Å². The lowest BCUT2D eigenvalue weighted by Crippen LogP contribution is -2.59. The molecule has 0 radical (unpaired) electrons. The van der Waals surface area contributed by atoms with Gasteiger partial charge in [-0.05, 0) is 12.8 Å². The average Bonchev–Trinajstić information content (AvgIpc) is 2.34. The Morgan fingerprint density at radius 3 is 2.47 bits per heavy atom. The van der Waals surface area contributed by atoms with Crippen molar-refractivity contribution in [3.05, 3.63) is 12.7 Å². The lowest BCUT2D eigenvalue weighted by atomic mass is 9.99. The second kappa shape index (κ2) is 7.05. The number of rotatable bonds is 6. The Kier molecular flexibility index (Phi) is 6.04. The van der Waals surface area contributed by atoms with Crippen LogP contribution in [0.1, 0.15) is 12.8 Å². The standard InChI is InChI=1S/C11H20O6/c1-2-3-4-5-16-11-10(15)9(14)8(13)7(6-12)17-11/h2,7-15H,1,3-6H2/t7-,8-,9+,10-,11?/m1/s1. The molecule has 17 heavy (non-hydrogen) atoms. The van der Waals surface area contributed by atoms with Crippen molar-refractivity contribution in [2.75, 3.05) is 13.2 Å². The van der Waals surface area contributed by atoms with Gasteiger partial charge in [-0.15, -0.1) is 6.58 Å². The average molecular weight is 248 g/mol. The van der Waals surface area contributed by atoms with Gasteiger partial charge in [-0.25, -0.2) is 0 Å². The van der Waals surface area contributed by atoms with Crippen LogP contribution in [0.2, 0.25) is 0 Å². The monoisotopic (exact) mass is 248 g/mol. The summed E-state index contributed by atoms with van der Waals surface area (Å²) in [4.78, 5) is 0. The van der Waals surface area contributed by atoms with E-state index in [-0.39, 0.29) is 0 Å². The lowest BCUT2D eigenvalue weighted by Gasteiger charge is -2.39. The van der Waals surface area contributed by atoms with Crippen molar-refractivity contribution >= 4 is 0 Å². The van der Waals surface area contributed by atoms with Crippen LogP contribution in [0.5, 0.6) is 0 Å². The van der Waals surface area contributed by atoms with Gasteiger partial charge >= 0.3 is 0 Å². The number of unbranched alkanes of at least 4 members (excludes halogenated alkanes) is 1. The van der Waals surface area contributed by atoms with Gasteiger partial charge in [0.25, 0.3) is 0 Å². The van der Waals surface area contributed by atoms with Gasteiger partial charge in [-0.3, -0.25) is 0 Å². The normalized spacial score (nSPS) is 38.0. The topological polar surface area (TPSA) is 99.4 Å². The first kappa shape index (κ1) is 14.6. The third-order valence-corrected chi connectivity index (χ3v) is 2.68. The predicted molar refractivity (Wildman–Crippen MR) is 59.2 cm³/mol. The molecule has 1 rings (SSSR count). The summed E-state index contributed by atoms with van der Waals surface area (Å²) in [5.41, 5.74) is 0. The summed E-state index contributed by atoms with van der Waals surface area (Å²) in [6.07, 6.45) is -2.76. The number of ether oxygens (including phenoxy) is 2. The first-order valence-electron chi connectivity index (χ1n) is 5.64. The van der Waals surface area contributed by atoms with Crippen molar-refractivity contribution in [1.29, 1.82) is 0 Å². The molecule has 0 spiro atoms. The van der Waals surface area contributed by atoms with E-state index in [1.165, 1.54) is 0 Å². The first-order valence-corrected chi connectivity index (χ1v) is 5.64. The quantitative estimate of drug-likeness (QED) is 0.347. The van der Waals surface area contributed by atoms with Crippen LogP contribution in [0.4, 0.5) is 0 Å². The van der Waals surface area contributed by atoms with Crippen molar-refractivity contribution in [3.63, 3.8) is 0 Å². The van der Waals surface area contributed by atoms with Gasteiger partial charge in [0.15, 0.2) is 6.29 Å². The Balaban J connectivity index is 2.44. The van der Waals surface area contributed by atoms with Crippen LogP contribution >= 0.6 is 0 Å². The SMILES string of the molecule is C=CCCCOC1O[C@H](CO)[C@@H](O)[C@H](O)[C@H]1O. The number of allylic oxidation sites excluding steroid dienone is 1. The van der Waals surface area contributed by atoms with E-state index in [0.29, 0.717) is 6.61 Å². The molecule has 0 aromatic rings. The van der Waals surface area contributed by atoms with E-state index in [1.54, 1.807) is 6.08 Å². The maximum absolute atomic E-state index is 9.62. The van der Waals surface area contributed by atoms with Gasteiger partial charge in [-0.1, -0.05) is 6.08 Å². The van der Waals surface area contributed by atoms with Crippen LogP contribution in [0.3, 0.4) is 0 Å². The molecule has 1 saturated heterocycles. The zero-order valence-corrected chi connectivity index (χ0v) is 9.60. The Hall–Kier alpha value is -0.500. The second-order valence-electron chi connectivity index (χ2n) is 4.00. The molecule has 0 saturated carbocycles. The van der Waals surface area contributed by atoms with Crippen LogP contribution in [0.25, 0.3) is 0 Å². The molecule has 1 aliphatic rings. The predicted octanol–water partition coefficient (Wildman–Crippen LogP) is -1.23. The summed E-state index contributed by atoms with van der Waals surface area (Å²) in [5, 5.41) is 37.6. The maximum Gasteiger partial charge on any atom is 0.186 e. The molecule has 1 unspecified atom stereocenters. The van der Waals surface area contributed by atoms with Crippen LogP contribution in [0.15, 0.2) is 12.7 Å². The molecule has 0 bridgehead atoms. The van der Waals surface area contributed by atoms with E-state index in [4.69, 9.17) is 14.6 Å². The molecule has 0 amide bonds. The van der Waals surface area contributed by atoms with Crippen molar-refractivity contribution in [2.45, 2.75) is 43.5 Å². The minimum absolute atomic E-state index is 0.342. The van der Waals surface area contributed by atoms with Crippen LogP contribution in [-0.4, -0.2) is 64.3 Å². The number of hydrogen-bond acceptors (Lipinski definition) is 6. The van der Waals surface area contributed by atoms with Crippen molar-refractivity contribution in [1.82, 2.24) is 0 Å². The second-order valence-corrected chi connectivity index (χ2v) is 4.00. The number of aliphatic hydroxyl groups is 4. The summed E-state index contributed by atoms with van der Waals surface area (Å²) in [5.74, 6) is 0. The largest absolute Gasteiger partial charge is 0.394 e. The van der Waals surface area contributed by atoms with Crippen LogP contribution in [-0.2, 0) is 9.47 Å². The highest BCUT2D eigenvalue weighted by Gasteiger charge is 2.43. The molecule has 1 fully saturated rings. The highest BCUT2D eigenvalue weighted by molar-refractivity contribution is 4.88. The maximum atomic E-state index is 9.62. The van der Waals surface area contributed by atoms with Crippen molar-refractivity contribution in [2.24, 2.45) is 0 Å². The summed E-state index contributed by atoms with van der Waals surface area (Å²) < 4.78 is 10.4. The first-order chi connectivity index (χ1) is 8.11. The molecule has 0 aromatic carbocycles. The van der Waals surface area contributed by atoms with Gasteiger partial charge < -0.3 is 29.9 Å². The zero-order valence-electron chi connectivity index (χ0n) is 9.60. The van der Waals surface area contributed by atoms with Gasteiger partial charge in [0.2, 0.25) is 0 Å². The zero-order chi connectivity index (χ0) is 12.8.